The summed E-state index contributed by atoms with van der Waals surface area (Å²) in [7, 11) is 0. The molecule has 0 aromatic heterocycles. The predicted octanol–water partition coefficient (Wildman–Crippen LogP) is 1.43. The summed E-state index contributed by atoms with van der Waals surface area (Å²) >= 11 is 4.14. The van der Waals surface area contributed by atoms with E-state index in [9.17, 15) is 10.0 Å². The highest BCUT2D eigenvalue weighted by Crippen LogP contribution is 2.36. The number of rotatable bonds is 6. The molecule has 4 unspecified atom stereocenters. The average Bonchev–Trinajstić information content (AvgIpc) is 2.44. The summed E-state index contributed by atoms with van der Waals surface area (Å²) in [6, 6.07) is -0.357. The number of piperidine rings is 1. The van der Waals surface area contributed by atoms with E-state index in [1.165, 1.54) is 32.1 Å². The molecule has 1 aliphatic heterocycles. The first-order valence-corrected chi connectivity index (χ1v) is 7.97. The second-order valence-electron chi connectivity index (χ2n) is 5.93. The van der Waals surface area contributed by atoms with Crippen LogP contribution in [0.3, 0.4) is 0 Å². The van der Waals surface area contributed by atoms with E-state index in [2.05, 4.69) is 28.2 Å². The van der Waals surface area contributed by atoms with E-state index in [1.807, 2.05) is 0 Å². The molecule has 5 nitrogen and oxygen atoms in total. The van der Waals surface area contributed by atoms with Gasteiger partial charge in [-0.3, -0.25) is 5.43 Å². The molecule has 1 heterocycles. The lowest BCUT2D eigenvalue weighted by molar-refractivity contribution is 0.0354. The van der Waals surface area contributed by atoms with E-state index in [-0.39, 0.29) is 6.04 Å². The van der Waals surface area contributed by atoms with Gasteiger partial charge in [0.25, 0.3) is 0 Å². The summed E-state index contributed by atoms with van der Waals surface area (Å²) in [5.74, 6) is 2.12. The number of aliphatic hydroxyl groups excluding tert-OH is 1. The molecule has 6 heteroatoms. The maximum Gasteiger partial charge on any atom is 0.0893 e. The third-order valence-corrected chi connectivity index (χ3v) is 5.09. The first-order valence-electron chi connectivity index (χ1n) is 7.33. The molecular weight excluding hydrogens is 262 g/mol. The summed E-state index contributed by atoms with van der Waals surface area (Å²) < 4.78 is 0. The molecule has 2 fully saturated rings. The third kappa shape index (κ3) is 4.07. The molecule has 0 radical (unpaired) electrons. The Labute approximate surface area is 120 Å². The van der Waals surface area contributed by atoms with Crippen molar-refractivity contribution in [2.75, 3.05) is 25.4 Å². The standard InChI is InChI=1S/C13H25N3O2S/c17-13(12(9-19)14-15-18)8-16-6-5-10-3-1-2-4-11(10)7-16/h10-13,17,19H,1-9H2,(H,14,18). The Kier molecular flexibility index (Phi) is 5.91. The van der Waals surface area contributed by atoms with Crippen molar-refractivity contribution >= 4 is 12.6 Å². The van der Waals surface area contributed by atoms with Crippen LogP contribution in [0, 0.1) is 16.7 Å². The summed E-state index contributed by atoms with van der Waals surface area (Å²) in [5.41, 5.74) is 2.39. The number of aliphatic hydroxyl groups is 1. The lowest BCUT2D eigenvalue weighted by Crippen LogP contribution is -2.49. The molecule has 4 atom stereocenters. The molecular formula is C13H25N3O2S. The Bertz CT molecular complexity index is 293. The fraction of sp³-hybridized carbons (Fsp3) is 1.00. The normalized spacial score (nSPS) is 31.3. The Hall–Kier alpha value is -0.330. The minimum Gasteiger partial charge on any atom is -0.390 e. The summed E-state index contributed by atoms with van der Waals surface area (Å²) in [6.45, 7) is 2.76. The van der Waals surface area contributed by atoms with Crippen LogP contribution in [-0.4, -0.2) is 47.5 Å². The van der Waals surface area contributed by atoms with Crippen LogP contribution >= 0.6 is 12.6 Å². The highest BCUT2D eigenvalue weighted by atomic mass is 32.1. The van der Waals surface area contributed by atoms with Crippen molar-refractivity contribution in [1.82, 2.24) is 10.3 Å². The Morgan fingerprint density at radius 3 is 2.74 bits per heavy atom. The molecule has 110 valence electrons. The van der Waals surface area contributed by atoms with Gasteiger partial charge >= 0.3 is 0 Å². The molecule has 0 bridgehead atoms. The largest absolute Gasteiger partial charge is 0.390 e. The number of β-amino-alcohol motifs (C(OH)–C–C–N with tert-alkyl or cyclic N) is 1. The van der Waals surface area contributed by atoms with E-state index >= 15 is 0 Å². The van der Waals surface area contributed by atoms with Gasteiger partial charge < -0.3 is 10.0 Å². The van der Waals surface area contributed by atoms with Crippen LogP contribution in [0.4, 0.5) is 0 Å². The van der Waals surface area contributed by atoms with Crippen molar-refractivity contribution in [1.29, 1.82) is 0 Å². The van der Waals surface area contributed by atoms with Crippen LogP contribution in [0.25, 0.3) is 0 Å². The van der Waals surface area contributed by atoms with Crippen LogP contribution in [-0.2, 0) is 0 Å². The highest BCUT2D eigenvalue weighted by molar-refractivity contribution is 7.80. The van der Waals surface area contributed by atoms with Gasteiger partial charge in [-0.1, -0.05) is 19.3 Å². The summed E-state index contributed by atoms with van der Waals surface area (Å²) in [6.07, 6.45) is 6.13. The van der Waals surface area contributed by atoms with Gasteiger partial charge in [-0.25, -0.2) is 0 Å². The number of hydrogen-bond acceptors (Lipinski definition) is 5. The monoisotopic (exact) mass is 287 g/mol. The Morgan fingerprint density at radius 2 is 2.05 bits per heavy atom. The Morgan fingerprint density at radius 1 is 1.32 bits per heavy atom. The Balaban J connectivity index is 1.80. The van der Waals surface area contributed by atoms with E-state index in [0.29, 0.717) is 12.3 Å². The number of fused-ring (bicyclic) bond motifs is 1. The van der Waals surface area contributed by atoms with E-state index in [1.54, 1.807) is 0 Å². The van der Waals surface area contributed by atoms with Crippen LogP contribution in [0.2, 0.25) is 0 Å². The minimum atomic E-state index is -0.588. The molecule has 1 saturated carbocycles. The molecule has 19 heavy (non-hydrogen) atoms. The zero-order chi connectivity index (χ0) is 13.7. The lowest BCUT2D eigenvalue weighted by atomic mass is 9.75. The van der Waals surface area contributed by atoms with Gasteiger partial charge in [0, 0.05) is 24.1 Å². The maximum atomic E-state index is 10.2. The van der Waals surface area contributed by atoms with E-state index in [0.717, 1.165) is 24.9 Å². The molecule has 0 spiro atoms. The molecule has 0 aromatic carbocycles. The zero-order valence-corrected chi connectivity index (χ0v) is 12.3. The first-order chi connectivity index (χ1) is 9.24. The quantitative estimate of drug-likeness (QED) is 0.393. The van der Waals surface area contributed by atoms with Crippen molar-refractivity contribution in [3.63, 3.8) is 0 Å². The number of hydrogen-bond donors (Lipinski definition) is 3. The van der Waals surface area contributed by atoms with Gasteiger partial charge in [0.05, 0.1) is 12.1 Å². The van der Waals surface area contributed by atoms with Crippen molar-refractivity contribution in [2.24, 2.45) is 17.1 Å². The summed E-state index contributed by atoms with van der Waals surface area (Å²) in [4.78, 5) is 12.6. The van der Waals surface area contributed by atoms with Crippen molar-refractivity contribution in [2.45, 2.75) is 44.2 Å². The SMILES string of the molecule is O=NNC(CS)C(O)CN1CCC2CCCCC2C1. The van der Waals surface area contributed by atoms with Crippen molar-refractivity contribution in [3.05, 3.63) is 4.91 Å². The summed E-state index contributed by atoms with van der Waals surface area (Å²) in [5, 5.41) is 12.8. The number of thiol groups is 1. The molecule has 1 saturated heterocycles. The first kappa shape index (κ1) is 15.1. The van der Waals surface area contributed by atoms with Gasteiger partial charge in [-0.05, 0) is 31.2 Å². The van der Waals surface area contributed by atoms with E-state index in [4.69, 9.17) is 0 Å². The highest BCUT2D eigenvalue weighted by Gasteiger charge is 2.32. The van der Waals surface area contributed by atoms with Gasteiger partial charge in [0.1, 0.15) is 0 Å². The number of nitrogens with one attached hydrogen (secondary N) is 1. The van der Waals surface area contributed by atoms with Gasteiger partial charge in [0.15, 0.2) is 0 Å². The molecule has 0 aromatic rings. The molecule has 0 amide bonds. The minimum absolute atomic E-state index is 0.357. The number of nitrogens with zero attached hydrogens (tertiary/aromatic N) is 2. The van der Waals surface area contributed by atoms with Gasteiger partial charge in [-0.15, -0.1) is 4.91 Å². The second kappa shape index (κ2) is 7.45. The molecule has 2 aliphatic rings. The predicted molar refractivity (Wildman–Crippen MR) is 79.1 cm³/mol. The molecule has 1 aliphatic carbocycles. The van der Waals surface area contributed by atoms with Crippen molar-refractivity contribution in [3.8, 4) is 0 Å². The van der Waals surface area contributed by atoms with Gasteiger partial charge in [-0.2, -0.15) is 12.6 Å². The van der Waals surface area contributed by atoms with Crippen LogP contribution < -0.4 is 5.43 Å². The van der Waals surface area contributed by atoms with E-state index < -0.39 is 6.10 Å². The zero-order valence-electron chi connectivity index (χ0n) is 11.4. The topological polar surface area (TPSA) is 64.9 Å². The fourth-order valence-electron chi connectivity index (χ4n) is 3.55. The van der Waals surface area contributed by atoms with Gasteiger partial charge in [0.2, 0.25) is 0 Å². The molecule has 2 rings (SSSR count). The van der Waals surface area contributed by atoms with Crippen LogP contribution in [0.5, 0.6) is 0 Å². The number of nitroso groups, excluding NO2 is 1. The lowest BCUT2D eigenvalue weighted by Gasteiger charge is -2.42. The third-order valence-electron chi connectivity index (χ3n) is 4.70. The van der Waals surface area contributed by atoms with Crippen LogP contribution in [0.1, 0.15) is 32.1 Å². The second-order valence-corrected chi connectivity index (χ2v) is 6.29. The molecule has 2 N–H and O–H groups in total. The maximum absolute atomic E-state index is 10.2. The average molecular weight is 287 g/mol. The van der Waals surface area contributed by atoms with Crippen LogP contribution in [0.15, 0.2) is 5.29 Å². The fourth-order valence-corrected chi connectivity index (χ4v) is 3.88. The van der Waals surface area contributed by atoms with Crippen molar-refractivity contribution < 1.29 is 5.11 Å². The number of likely N-dealkylation sites (tertiary alicyclic amines) is 1. The smallest absolute Gasteiger partial charge is 0.0893 e.